The lowest BCUT2D eigenvalue weighted by Crippen LogP contribution is -2.33. The molecule has 0 aliphatic rings. The van der Waals surface area contributed by atoms with Crippen LogP contribution in [0.2, 0.25) is 0 Å². The van der Waals surface area contributed by atoms with Crippen LogP contribution in [0.1, 0.15) is 15.9 Å². The fourth-order valence-corrected chi connectivity index (χ4v) is 2.07. The van der Waals surface area contributed by atoms with Crippen molar-refractivity contribution in [3.63, 3.8) is 0 Å². The van der Waals surface area contributed by atoms with E-state index in [0.717, 1.165) is 11.3 Å². The molecule has 134 valence electrons. The summed E-state index contributed by atoms with van der Waals surface area (Å²) < 4.78 is 11.0. The Morgan fingerprint density at radius 1 is 1.28 bits per heavy atom. The summed E-state index contributed by atoms with van der Waals surface area (Å²) in [5, 5.41) is 13.0. The maximum Gasteiger partial charge on any atom is 0.250 e. The summed E-state index contributed by atoms with van der Waals surface area (Å²) >= 11 is 0. The standard InChI is InChI=1S/C18H23N3O4/c1-13-4-2-3-5-16(13)25-12-15(22)11-20-8-9-24-17-7-6-14(10-21-17)18(19)23/h2-7,10,15,20,22H,8-9,11-12H2,1H3,(H2,19,23). The number of para-hydroxylation sites is 1. The molecular formula is C18H23N3O4. The van der Waals surface area contributed by atoms with Gasteiger partial charge in [-0.1, -0.05) is 18.2 Å². The van der Waals surface area contributed by atoms with Gasteiger partial charge in [-0.3, -0.25) is 4.79 Å². The lowest BCUT2D eigenvalue weighted by atomic mass is 10.2. The highest BCUT2D eigenvalue weighted by atomic mass is 16.5. The van der Waals surface area contributed by atoms with Crippen molar-refractivity contribution in [3.05, 3.63) is 53.7 Å². The van der Waals surface area contributed by atoms with E-state index in [1.165, 1.54) is 6.20 Å². The Kier molecular flexibility index (Phi) is 7.18. The topological polar surface area (TPSA) is 107 Å². The Morgan fingerprint density at radius 2 is 2.08 bits per heavy atom. The third kappa shape index (κ3) is 6.40. The number of aryl methyl sites for hydroxylation is 1. The van der Waals surface area contributed by atoms with Gasteiger partial charge in [0, 0.05) is 25.4 Å². The number of hydrogen-bond donors (Lipinski definition) is 3. The number of aromatic nitrogens is 1. The number of pyridine rings is 1. The van der Waals surface area contributed by atoms with Crippen LogP contribution in [-0.2, 0) is 0 Å². The van der Waals surface area contributed by atoms with Crippen molar-refractivity contribution in [2.24, 2.45) is 5.73 Å². The molecule has 0 saturated heterocycles. The molecule has 1 heterocycles. The molecule has 0 fully saturated rings. The van der Waals surface area contributed by atoms with Crippen LogP contribution in [0.25, 0.3) is 0 Å². The lowest BCUT2D eigenvalue weighted by molar-refractivity contribution is 0.1000. The summed E-state index contributed by atoms with van der Waals surface area (Å²) in [7, 11) is 0. The molecule has 2 aromatic rings. The highest BCUT2D eigenvalue weighted by Gasteiger charge is 2.06. The molecule has 0 spiro atoms. The van der Waals surface area contributed by atoms with E-state index in [9.17, 15) is 9.90 Å². The van der Waals surface area contributed by atoms with E-state index < -0.39 is 12.0 Å². The second-order valence-electron chi connectivity index (χ2n) is 5.53. The molecule has 7 nitrogen and oxygen atoms in total. The summed E-state index contributed by atoms with van der Waals surface area (Å²) in [6.45, 7) is 3.49. The molecule has 0 aliphatic heterocycles. The van der Waals surface area contributed by atoms with Gasteiger partial charge in [0.25, 0.3) is 0 Å². The number of carbonyl (C=O) groups is 1. The van der Waals surface area contributed by atoms with Crippen molar-refractivity contribution in [2.75, 3.05) is 26.3 Å². The summed E-state index contributed by atoms with van der Waals surface area (Å²) in [6, 6.07) is 10.8. The highest BCUT2D eigenvalue weighted by molar-refractivity contribution is 5.92. The van der Waals surface area contributed by atoms with E-state index in [1.54, 1.807) is 12.1 Å². The number of aliphatic hydroxyl groups is 1. The van der Waals surface area contributed by atoms with Crippen LogP contribution in [0.15, 0.2) is 42.6 Å². The first-order valence-corrected chi connectivity index (χ1v) is 8.02. The van der Waals surface area contributed by atoms with Gasteiger partial charge in [0.2, 0.25) is 11.8 Å². The van der Waals surface area contributed by atoms with Crippen LogP contribution >= 0.6 is 0 Å². The summed E-state index contributed by atoms with van der Waals surface area (Å²) in [6.07, 6.45) is 0.755. The van der Waals surface area contributed by atoms with Crippen molar-refractivity contribution in [1.82, 2.24) is 10.3 Å². The number of nitrogens with zero attached hydrogens (tertiary/aromatic N) is 1. The summed E-state index contributed by atoms with van der Waals surface area (Å²) in [5.41, 5.74) is 6.51. The van der Waals surface area contributed by atoms with Crippen molar-refractivity contribution in [1.29, 1.82) is 0 Å². The second kappa shape index (κ2) is 9.61. The molecule has 1 amide bonds. The summed E-state index contributed by atoms with van der Waals surface area (Å²) in [5.74, 6) is 0.660. The second-order valence-corrected chi connectivity index (χ2v) is 5.53. The Labute approximate surface area is 146 Å². The molecule has 0 aliphatic carbocycles. The first kappa shape index (κ1) is 18.7. The smallest absolute Gasteiger partial charge is 0.250 e. The molecule has 25 heavy (non-hydrogen) atoms. The molecule has 2 rings (SSSR count). The normalized spacial score (nSPS) is 11.8. The minimum atomic E-state index is -0.618. The van der Waals surface area contributed by atoms with Crippen LogP contribution in [0.5, 0.6) is 11.6 Å². The number of ether oxygens (including phenoxy) is 2. The fourth-order valence-electron chi connectivity index (χ4n) is 2.07. The number of benzene rings is 1. The van der Waals surface area contributed by atoms with Crippen molar-refractivity contribution in [2.45, 2.75) is 13.0 Å². The van der Waals surface area contributed by atoms with E-state index >= 15 is 0 Å². The van der Waals surface area contributed by atoms with Crippen molar-refractivity contribution in [3.8, 4) is 11.6 Å². The molecule has 1 atom stereocenters. The van der Waals surface area contributed by atoms with Crippen molar-refractivity contribution < 1.29 is 19.4 Å². The minimum Gasteiger partial charge on any atom is -0.491 e. The predicted molar refractivity (Wildman–Crippen MR) is 93.8 cm³/mol. The number of nitrogens with one attached hydrogen (secondary N) is 1. The van der Waals surface area contributed by atoms with Gasteiger partial charge >= 0.3 is 0 Å². The zero-order valence-electron chi connectivity index (χ0n) is 14.1. The molecule has 0 bridgehead atoms. The third-order valence-electron chi connectivity index (χ3n) is 3.45. The first-order valence-electron chi connectivity index (χ1n) is 8.02. The number of primary amides is 1. The molecule has 4 N–H and O–H groups in total. The van der Waals surface area contributed by atoms with Gasteiger partial charge < -0.3 is 25.6 Å². The number of nitrogens with two attached hydrogens (primary N) is 1. The Bertz CT molecular complexity index is 676. The molecule has 1 unspecified atom stereocenters. The average molecular weight is 345 g/mol. The minimum absolute atomic E-state index is 0.217. The van der Waals surface area contributed by atoms with Gasteiger partial charge in [0.15, 0.2) is 0 Å². The van der Waals surface area contributed by atoms with Gasteiger partial charge in [-0.2, -0.15) is 0 Å². The van der Waals surface area contributed by atoms with Gasteiger partial charge in [0.1, 0.15) is 25.1 Å². The first-order chi connectivity index (χ1) is 12.1. The van der Waals surface area contributed by atoms with Crippen LogP contribution in [0.3, 0.4) is 0 Å². The Balaban J connectivity index is 1.59. The van der Waals surface area contributed by atoms with Crippen molar-refractivity contribution >= 4 is 5.91 Å². The Morgan fingerprint density at radius 3 is 2.76 bits per heavy atom. The summed E-state index contributed by atoms with van der Waals surface area (Å²) in [4.78, 5) is 14.9. The van der Waals surface area contributed by atoms with Gasteiger partial charge in [-0.25, -0.2) is 4.98 Å². The highest BCUT2D eigenvalue weighted by Crippen LogP contribution is 2.16. The zero-order chi connectivity index (χ0) is 18.1. The van der Waals surface area contributed by atoms with E-state index in [-0.39, 0.29) is 6.61 Å². The van der Waals surface area contributed by atoms with E-state index in [1.807, 2.05) is 31.2 Å². The maximum atomic E-state index is 10.9. The maximum absolute atomic E-state index is 10.9. The van der Waals surface area contributed by atoms with Crippen LogP contribution in [0, 0.1) is 6.92 Å². The molecular weight excluding hydrogens is 322 g/mol. The third-order valence-corrected chi connectivity index (χ3v) is 3.45. The van der Waals surface area contributed by atoms with Crippen LogP contribution < -0.4 is 20.5 Å². The lowest BCUT2D eigenvalue weighted by Gasteiger charge is -2.14. The number of carbonyl (C=O) groups excluding carboxylic acids is 1. The van der Waals surface area contributed by atoms with Gasteiger partial charge in [0.05, 0.1) is 5.56 Å². The van der Waals surface area contributed by atoms with E-state index in [2.05, 4.69) is 10.3 Å². The zero-order valence-corrected chi connectivity index (χ0v) is 14.1. The monoisotopic (exact) mass is 345 g/mol. The molecule has 1 aromatic carbocycles. The van der Waals surface area contributed by atoms with E-state index in [4.69, 9.17) is 15.2 Å². The predicted octanol–water partition coefficient (Wildman–Crippen LogP) is 0.897. The molecule has 0 radical (unpaired) electrons. The van der Waals surface area contributed by atoms with Gasteiger partial charge in [-0.05, 0) is 24.6 Å². The SMILES string of the molecule is Cc1ccccc1OCC(O)CNCCOc1ccc(C(N)=O)cn1. The number of amides is 1. The molecule has 1 aromatic heterocycles. The average Bonchev–Trinajstić information content (AvgIpc) is 2.61. The van der Waals surface area contributed by atoms with Crippen LogP contribution in [-0.4, -0.2) is 48.4 Å². The largest absolute Gasteiger partial charge is 0.491 e. The molecule has 7 heteroatoms. The quantitative estimate of drug-likeness (QED) is 0.552. The number of hydrogen-bond acceptors (Lipinski definition) is 6. The number of rotatable bonds is 10. The van der Waals surface area contributed by atoms with E-state index in [0.29, 0.717) is 31.1 Å². The number of aliphatic hydroxyl groups excluding tert-OH is 1. The van der Waals surface area contributed by atoms with Crippen LogP contribution in [0.4, 0.5) is 0 Å². The fraction of sp³-hybridized carbons (Fsp3) is 0.333. The molecule has 0 saturated carbocycles. The Hall–Kier alpha value is -2.64. The van der Waals surface area contributed by atoms with Gasteiger partial charge in [-0.15, -0.1) is 0 Å².